The van der Waals surface area contributed by atoms with Crippen molar-refractivity contribution in [3.8, 4) is 5.75 Å². The third-order valence-electron chi connectivity index (χ3n) is 4.51. The molecule has 28 heavy (non-hydrogen) atoms. The number of nitrogens with zero attached hydrogens (tertiary/aromatic N) is 2. The molecule has 6 nitrogen and oxygen atoms in total. The van der Waals surface area contributed by atoms with Crippen molar-refractivity contribution in [2.24, 2.45) is 0 Å². The van der Waals surface area contributed by atoms with Crippen LogP contribution in [0, 0.1) is 6.92 Å². The van der Waals surface area contributed by atoms with Crippen LogP contribution < -0.4 is 9.64 Å². The van der Waals surface area contributed by atoms with E-state index in [-0.39, 0.29) is 19.1 Å². The van der Waals surface area contributed by atoms with Gasteiger partial charge < -0.3 is 19.3 Å². The van der Waals surface area contributed by atoms with Crippen LogP contribution in [0.4, 0.5) is 5.69 Å². The molecular formula is C21H23ClN2O4. The van der Waals surface area contributed by atoms with E-state index in [0.717, 1.165) is 11.3 Å². The average Bonchev–Trinajstić information content (AvgIpc) is 2.70. The highest BCUT2D eigenvalue weighted by atomic mass is 35.5. The molecule has 7 heteroatoms. The van der Waals surface area contributed by atoms with Crippen molar-refractivity contribution in [1.82, 2.24) is 4.90 Å². The highest BCUT2D eigenvalue weighted by Crippen LogP contribution is 2.20. The van der Waals surface area contributed by atoms with Crippen LogP contribution >= 0.6 is 11.6 Å². The number of anilines is 1. The zero-order chi connectivity index (χ0) is 19.9. The lowest BCUT2D eigenvalue weighted by Crippen LogP contribution is -2.50. The molecule has 0 saturated carbocycles. The number of amides is 1. The molecule has 0 aliphatic carbocycles. The number of hydrogen-bond acceptors (Lipinski definition) is 5. The summed E-state index contributed by atoms with van der Waals surface area (Å²) in [5.41, 5.74) is 2.08. The van der Waals surface area contributed by atoms with E-state index in [1.54, 1.807) is 11.0 Å². The Labute approximate surface area is 169 Å². The van der Waals surface area contributed by atoms with Gasteiger partial charge in [-0.2, -0.15) is 0 Å². The summed E-state index contributed by atoms with van der Waals surface area (Å²) < 4.78 is 10.4. The van der Waals surface area contributed by atoms with Crippen LogP contribution in [-0.2, 0) is 14.3 Å². The number of ether oxygens (including phenoxy) is 2. The maximum absolute atomic E-state index is 12.3. The van der Waals surface area contributed by atoms with Crippen molar-refractivity contribution in [3.05, 3.63) is 59.1 Å². The fraction of sp³-hybridized carbons (Fsp3) is 0.333. The fourth-order valence-electron chi connectivity index (χ4n) is 3.01. The molecular weight excluding hydrogens is 380 g/mol. The first-order valence-corrected chi connectivity index (χ1v) is 9.52. The van der Waals surface area contributed by atoms with Gasteiger partial charge in [-0.3, -0.25) is 4.79 Å². The molecule has 2 aromatic carbocycles. The van der Waals surface area contributed by atoms with Gasteiger partial charge >= 0.3 is 5.97 Å². The maximum Gasteiger partial charge on any atom is 0.344 e. The second-order valence-electron chi connectivity index (χ2n) is 6.61. The smallest absolute Gasteiger partial charge is 0.344 e. The number of hydrogen-bond donors (Lipinski definition) is 0. The Morgan fingerprint density at radius 1 is 1.00 bits per heavy atom. The van der Waals surface area contributed by atoms with Crippen molar-refractivity contribution >= 4 is 29.2 Å². The number of esters is 1. The number of carbonyl (C=O) groups excluding carboxylic acids is 2. The molecule has 0 unspecified atom stereocenters. The minimum Gasteiger partial charge on any atom is -0.482 e. The molecule has 0 bridgehead atoms. The summed E-state index contributed by atoms with van der Waals surface area (Å²) in [6, 6.07) is 15.0. The highest BCUT2D eigenvalue weighted by molar-refractivity contribution is 6.30. The quantitative estimate of drug-likeness (QED) is 0.695. The average molecular weight is 403 g/mol. The van der Waals surface area contributed by atoms with Gasteiger partial charge in [0.2, 0.25) is 0 Å². The Hall–Kier alpha value is -2.73. The lowest BCUT2D eigenvalue weighted by molar-refractivity contribution is -0.153. The molecule has 1 aliphatic heterocycles. The van der Waals surface area contributed by atoms with Crippen LogP contribution in [0.15, 0.2) is 48.5 Å². The van der Waals surface area contributed by atoms with Crippen molar-refractivity contribution in [3.63, 3.8) is 0 Å². The fourth-order valence-corrected chi connectivity index (χ4v) is 3.19. The van der Waals surface area contributed by atoms with Gasteiger partial charge in [0.1, 0.15) is 5.75 Å². The summed E-state index contributed by atoms with van der Waals surface area (Å²) in [6.45, 7) is 4.00. The predicted molar refractivity (Wildman–Crippen MR) is 108 cm³/mol. The normalized spacial score (nSPS) is 13.9. The molecule has 0 aromatic heterocycles. The zero-order valence-electron chi connectivity index (χ0n) is 15.8. The Morgan fingerprint density at radius 2 is 1.75 bits per heavy atom. The Balaban J connectivity index is 1.39. The van der Waals surface area contributed by atoms with E-state index in [1.165, 1.54) is 0 Å². The van der Waals surface area contributed by atoms with Crippen molar-refractivity contribution in [1.29, 1.82) is 0 Å². The SMILES string of the molecule is Cc1cccc(OCC(=O)OCC(=O)N2CCN(c3cccc(Cl)c3)CC2)c1. The molecule has 1 saturated heterocycles. The van der Waals surface area contributed by atoms with Gasteiger partial charge in [0.15, 0.2) is 13.2 Å². The van der Waals surface area contributed by atoms with Crippen molar-refractivity contribution in [2.45, 2.75) is 6.92 Å². The molecule has 1 aliphatic rings. The molecule has 0 spiro atoms. The van der Waals surface area contributed by atoms with Gasteiger partial charge in [-0.15, -0.1) is 0 Å². The van der Waals surface area contributed by atoms with E-state index < -0.39 is 5.97 Å². The third-order valence-corrected chi connectivity index (χ3v) is 4.74. The monoisotopic (exact) mass is 402 g/mol. The molecule has 0 radical (unpaired) electrons. The predicted octanol–water partition coefficient (Wildman–Crippen LogP) is 2.92. The Morgan fingerprint density at radius 3 is 2.46 bits per heavy atom. The van der Waals surface area contributed by atoms with Crippen LogP contribution in [0.5, 0.6) is 5.75 Å². The summed E-state index contributed by atoms with van der Waals surface area (Å²) in [5.74, 6) is -0.164. The number of halogens is 1. The topological polar surface area (TPSA) is 59.1 Å². The van der Waals surface area contributed by atoms with E-state index in [0.29, 0.717) is 37.0 Å². The van der Waals surface area contributed by atoms with Crippen LogP contribution in [0.25, 0.3) is 0 Å². The molecule has 148 valence electrons. The van der Waals surface area contributed by atoms with E-state index in [2.05, 4.69) is 4.90 Å². The summed E-state index contributed by atoms with van der Waals surface area (Å²) in [4.78, 5) is 28.0. The van der Waals surface area contributed by atoms with Gasteiger partial charge in [-0.25, -0.2) is 4.79 Å². The minimum absolute atomic E-state index is 0.199. The first-order valence-electron chi connectivity index (χ1n) is 9.14. The van der Waals surface area contributed by atoms with Crippen LogP contribution in [0.2, 0.25) is 5.02 Å². The Kier molecular flexibility index (Phi) is 6.76. The minimum atomic E-state index is -0.563. The summed E-state index contributed by atoms with van der Waals surface area (Å²) in [6.07, 6.45) is 0. The second kappa shape index (κ2) is 9.46. The second-order valence-corrected chi connectivity index (χ2v) is 7.05. The van der Waals surface area contributed by atoms with Gasteiger partial charge in [0.05, 0.1) is 0 Å². The van der Waals surface area contributed by atoms with Gasteiger partial charge in [-0.05, 0) is 42.8 Å². The zero-order valence-corrected chi connectivity index (χ0v) is 16.5. The van der Waals surface area contributed by atoms with Crippen LogP contribution in [0.1, 0.15) is 5.56 Å². The summed E-state index contributed by atoms with van der Waals surface area (Å²) >= 11 is 6.04. The van der Waals surface area contributed by atoms with Crippen molar-refractivity contribution < 1.29 is 19.1 Å². The number of benzene rings is 2. The van der Waals surface area contributed by atoms with E-state index in [4.69, 9.17) is 21.1 Å². The van der Waals surface area contributed by atoms with Gasteiger partial charge in [0, 0.05) is 36.9 Å². The van der Waals surface area contributed by atoms with Crippen LogP contribution in [-0.4, -0.2) is 56.2 Å². The molecule has 0 atom stereocenters. The van der Waals surface area contributed by atoms with Gasteiger partial charge in [-0.1, -0.05) is 29.8 Å². The summed E-state index contributed by atoms with van der Waals surface area (Å²) in [5, 5.41) is 0.691. The number of carbonyl (C=O) groups is 2. The highest BCUT2D eigenvalue weighted by Gasteiger charge is 2.22. The lowest BCUT2D eigenvalue weighted by Gasteiger charge is -2.36. The molecule has 3 rings (SSSR count). The number of rotatable bonds is 6. The molecule has 1 heterocycles. The standard InChI is InChI=1S/C21H23ClN2O4/c1-16-4-2-7-19(12-16)27-15-21(26)28-14-20(25)24-10-8-23(9-11-24)18-6-3-5-17(22)13-18/h2-7,12-13H,8-11,14-15H2,1H3. The van der Waals surface area contributed by atoms with Gasteiger partial charge in [0.25, 0.3) is 5.91 Å². The Bertz CT molecular complexity index is 835. The molecule has 0 N–H and O–H groups in total. The molecule has 1 fully saturated rings. The van der Waals surface area contributed by atoms with Crippen LogP contribution in [0.3, 0.4) is 0 Å². The van der Waals surface area contributed by atoms with E-state index in [9.17, 15) is 9.59 Å². The first kappa shape index (κ1) is 20.0. The van der Waals surface area contributed by atoms with E-state index in [1.807, 2.05) is 49.4 Å². The maximum atomic E-state index is 12.3. The summed E-state index contributed by atoms with van der Waals surface area (Å²) in [7, 11) is 0. The molecule has 1 amide bonds. The third kappa shape index (κ3) is 5.63. The van der Waals surface area contributed by atoms with Crippen molar-refractivity contribution in [2.75, 3.05) is 44.3 Å². The lowest BCUT2D eigenvalue weighted by atomic mass is 10.2. The van der Waals surface area contributed by atoms with E-state index >= 15 is 0 Å². The first-order chi connectivity index (χ1) is 13.5. The number of aryl methyl sites for hydroxylation is 1. The molecule has 2 aromatic rings. The largest absolute Gasteiger partial charge is 0.482 e. The number of piperazine rings is 1.